The van der Waals surface area contributed by atoms with Crippen LogP contribution in [0.3, 0.4) is 0 Å². The number of carbonyl (C=O) groups is 4. The zero-order valence-electron chi connectivity index (χ0n) is 21.1. The Morgan fingerprint density at radius 3 is 2.21 bits per heavy atom. The average Bonchev–Trinajstić information content (AvgIpc) is 3.40. The van der Waals surface area contributed by atoms with Crippen LogP contribution in [0.5, 0.6) is 0 Å². The number of hydrogen-bond acceptors (Lipinski definition) is 6. The lowest BCUT2D eigenvalue weighted by Crippen LogP contribution is -2.48. The lowest BCUT2D eigenvalue weighted by atomic mass is 10.0. The molecule has 3 amide bonds. The number of anilines is 1. The second kappa shape index (κ2) is 10.8. The van der Waals surface area contributed by atoms with Crippen LogP contribution < -0.4 is 5.32 Å². The van der Waals surface area contributed by atoms with Crippen LogP contribution >= 0.6 is 22.9 Å². The highest BCUT2D eigenvalue weighted by atomic mass is 35.5. The SMILES string of the molecule is COC(=O)c1c(NC(=O)C(Cc2ccccc2)N2C(=O)c3ccccc3C2=O)sc(C)c1-c1cccc(Cl)c1. The van der Waals surface area contributed by atoms with Gasteiger partial charge in [-0.1, -0.05) is 66.2 Å². The summed E-state index contributed by atoms with van der Waals surface area (Å²) in [6.07, 6.45) is 0.0945. The van der Waals surface area contributed by atoms with Crippen LogP contribution in [-0.2, 0) is 16.0 Å². The molecule has 1 atom stereocenters. The predicted octanol–water partition coefficient (Wildman–Crippen LogP) is 6.01. The monoisotopic (exact) mass is 558 g/mol. The molecule has 0 spiro atoms. The van der Waals surface area contributed by atoms with Gasteiger partial charge in [0.05, 0.1) is 18.2 Å². The van der Waals surface area contributed by atoms with Crippen molar-refractivity contribution in [2.75, 3.05) is 12.4 Å². The van der Waals surface area contributed by atoms with Crippen molar-refractivity contribution in [3.8, 4) is 11.1 Å². The van der Waals surface area contributed by atoms with Crippen LogP contribution in [0.1, 0.15) is 41.5 Å². The van der Waals surface area contributed by atoms with E-state index in [1.54, 1.807) is 42.5 Å². The molecule has 39 heavy (non-hydrogen) atoms. The summed E-state index contributed by atoms with van der Waals surface area (Å²) in [4.78, 5) is 55.3. The van der Waals surface area contributed by atoms with E-state index in [0.29, 0.717) is 16.1 Å². The zero-order valence-corrected chi connectivity index (χ0v) is 22.6. The number of thiophene rings is 1. The fraction of sp³-hybridized carbons (Fsp3) is 0.133. The molecule has 0 aliphatic carbocycles. The second-order valence-electron chi connectivity index (χ2n) is 8.96. The van der Waals surface area contributed by atoms with Gasteiger partial charge in [0, 0.05) is 21.9 Å². The number of aryl methyl sites for hydroxylation is 1. The maximum Gasteiger partial charge on any atom is 0.341 e. The summed E-state index contributed by atoms with van der Waals surface area (Å²) in [5.74, 6) is -2.31. The third-order valence-electron chi connectivity index (χ3n) is 6.54. The van der Waals surface area contributed by atoms with E-state index in [0.717, 1.165) is 15.3 Å². The Bertz CT molecular complexity index is 1580. The zero-order chi connectivity index (χ0) is 27.7. The van der Waals surface area contributed by atoms with Gasteiger partial charge in [-0.2, -0.15) is 0 Å². The van der Waals surface area contributed by atoms with Crippen LogP contribution in [0.4, 0.5) is 5.00 Å². The lowest BCUT2D eigenvalue weighted by Gasteiger charge is -2.25. The summed E-state index contributed by atoms with van der Waals surface area (Å²) in [7, 11) is 1.26. The highest BCUT2D eigenvalue weighted by Gasteiger charge is 2.43. The number of ether oxygens (including phenoxy) is 1. The highest BCUT2D eigenvalue weighted by Crippen LogP contribution is 2.41. The Balaban J connectivity index is 1.56. The number of esters is 1. The average molecular weight is 559 g/mol. The van der Waals surface area contributed by atoms with Crippen LogP contribution in [0.15, 0.2) is 78.9 Å². The number of fused-ring (bicyclic) bond motifs is 1. The molecule has 0 bridgehead atoms. The summed E-state index contributed by atoms with van der Waals surface area (Å²) in [6.45, 7) is 1.83. The molecule has 1 aliphatic rings. The standard InChI is InChI=1S/C30H23ClN2O5S/c1-17-24(19-11-8-12-20(31)16-19)25(30(37)38-2)27(39-17)32-26(34)23(15-18-9-4-3-5-10-18)33-28(35)21-13-6-7-14-22(21)29(33)36/h3-14,16,23H,15H2,1-2H3,(H,32,34). The lowest BCUT2D eigenvalue weighted by molar-refractivity contribution is -0.119. The number of halogens is 1. The number of methoxy groups -OCH3 is 1. The van der Waals surface area contributed by atoms with Crippen LogP contribution in [0.25, 0.3) is 11.1 Å². The quantitative estimate of drug-likeness (QED) is 0.221. The van der Waals surface area contributed by atoms with Gasteiger partial charge in [-0.25, -0.2) is 4.79 Å². The first-order valence-corrected chi connectivity index (χ1v) is 13.3. The molecule has 4 aromatic rings. The van der Waals surface area contributed by atoms with Crippen molar-refractivity contribution in [2.24, 2.45) is 0 Å². The molecular weight excluding hydrogens is 536 g/mol. The van der Waals surface area contributed by atoms with Crippen molar-refractivity contribution in [2.45, 2.75) is 19.4 Å². The second-order valence-corrected chi connectivity index (χ2v) is 10.6. The molecule has 0 saturated heterocycles. The molecule has 5 rings (SSSR count). The Kier molecular flexibility index (Phi) is 7.32. The molecule has 1 aliphatic heterocycles. The van der Waals surface area contributed by atoms with E-state index in [4.69, 9.17) is 16.3 Å². The minimum atomic E-state index is -1.16. The van der Waals surface area contributed by atoms with E-state index in [1.165, 1.54) is 18.4 Å². The largest absolute Gasteiger partial charge is 0.465 e. The number of rotatable bonds is 7. The van der Waals surface area contributed by atoms with E-state index in [1.807, 2.05) is 43.3 Å². The van der Waals surface area contributed by atoms with Crippen molar-refractivity contribution >= 4 is 51.6 Å². The van der Waals surface area contributed by atoms with Gasteiger partial charge in [-0.15, -0.1) is 11.3 Å². The van der Waals surface area contributed by atoms with E-state index in [2.05, 4.69) is 5.32 Å². The van der Waals surface area contributed by atoms with Crippen molar-refractivity contribution < 1.29 is 23.9 Å². The molecule has 196 valence electrons. The maximum absolute atomic E-state index is 13.9. The van der Waals surface area contributed by atoms with Crippen LogP contribution in [-0.4, -0.2) is 41.7 Å². The van der Waals surface area contributed by atoms with E-state index < -0.39 is 29.7 Å². The fourth-order valence-electron chi connectivity index (χ4n) is 4.75. The molecule has 3 aromatic carbocycles. The number of amides is 3. The molecule has 0 fully saturated rings. The molecule has 1 aromatic heterocycles. The van der Waals surface area contributed by atoms with Gasteiger partial charge in [0.2, 0.25) is 5.91 Å². The molecular formula is C30H23ClN2O5S. The van der Waals surface area contributed by atoms with Gasteiger partial charge in [-0.3, -0.25) is 19.3 Å². The molecule has 2 heterocycles. The van der Waals surface area contributed by atoms with Gasteiger partial charge < -0.3 is 10.1 Å². The molecule has 7 nitrogen and oxygen atoms in total. The van der Waals surface area contributed by atoms with Crippen molar-refractivity contribution in [1.29, 1.82) is 0 Å². The third-order valence-corrected chi connectivity index (χ3v) is 7.79. The number of nitrogens with one attached hydrogen (secondary N) is 1. The summed E-state index contributed by atoms with van der Waals surface area (Å²) < 4.78 is 5.06. The van der Waals surface area contributed by atoms with Crippen molar-refractivity contribution in [3.05, 3.63) is 111 Å². The first-order valence-electron chi connectivity index (χ1n) is 12.1. The van der Waals surface area contributed by atoms with E-state index in [9.17, 15) is 19.2 Å². The normalized spacial score (nSPS) is 13.3. The number of imide groups is 1. The van der Waals surface area contributed by atoms with Crippen LogP contribution in [0.2, 0.25) is 5.02 Å². The topological polar surface area (TPSA) is 92.8 Å². The van der Waals surface area contributed by atoms with Gasteiger partial charge in [-0.05, 0) is 42.3 Å². The predicted molar refractivity (Wildman–Crippen MR) is 150 cm³/mol. The molecule has 1 N–H and O–H groups in total. The third kappa shape index (κ3) is 4.96. The molecule has 9 heteroatoms. The smallest absolute Gasteiger partial charge is 0.341 e. The first-order chi connectivity index (χ1) is 18.8. The van der Waals surface area contributed by atoms with E-state index in [-0.39, 0.29) is 28.1 Å². The van der Waals surface area contributed by atoms with Gasteiger partial charge in [0.25, 0.3) is 11.8 Å². The summed E-state index contributed by atoms with van der Waals surface area (Å²) in [5, 5.41) is 3.59. The van der Waals surface area contributed by atoms with Crippen LogP contribution in [0, 0.1) is 6.92 Å². The minimum Gasteiger partial charge on any atom is -0.465 e. The van der Waals surface area contributed by atoms with Crippen molar-refractivity contribution in [1.82, 2.24) is 4.90 Å². The maximum atomic E-state index is 13.9. The summed E-state index contributed by atoms with van der Waals surface area (Å²) in [6, 6.07) is 21.5. The van der Waals surface area contributed by atoms with Gasteiger partial charge in [0.1, 0.15) is 16.6 Å². The Labute approximate surface area is 234 Å². The Morgan fingerprint density at radius 2 is 1.59 bits per heavy atom. The van der Waals surface area contributed by atoms with Gasteiger partial charge >= 0.3 is 5.97 Å². The highest BCUT2D eigenvalue weighted by molar-refractivity contribution is 7.17. The minimum absolute atomic E-state index is 0.0945. The molecule has 1 unspecified atom stereocenters. The molecule has 0 saturated carbocycles. The fourth-order valence-corrected chi connectivity index (χ4v) is 6.00. The summed E-state index contributed by atoms with van der Waals surface area (Å²) >= 11 is 7.41. The van der Waals surface area contributed by atoms with Crippen molar-refractivity contribution in [3.63, 3.8) is 0 Å². The molecule has 0 radical (unpaired) electrons. The Morgan fingerprint density at radius 1 is 0.949 bits per heavy atom. The summed E-state index contributed by atoms with van der Waals surface area (Å²) in [5.41, 5.74) is 2.72. The first kappa shape index (κ1) is 26.3. The number of hydrogen-bond donors (Lipinski definition) is 1. The number of nitrogens with zero attached hydrogens (tertiary/aromatic N) is 1. The van der Waals surface area contributed by atoms with E-state index >= 15 is 0 Å². The number of benzene rings is 3. The number of carbonyl (C=O) groups excluding carboxylic acids is 4. The Hall–Kier alpha value is -4.27. The van der Waals surface area contributed by atoms with Gasteiger partial charge in [0.15, 0.2) is 0 Å².